The Bertz CT molecular complexity index is 492. The van der Waals surface area contributed by atoms with Crippen LogP contribution in [0, 0.1) is 27.7 Å². The number of hydrogen-bond acceptors (Lipinski definition) is 4. The standard InChI is InChI=1S/2C7H10N2/c1-5-4-8-6(2)7(3)9-5;1-3-7-5-8-6(2)4-9-7/h4H,1-3H3;4-5H,3H2,1-2H3. The number of nitrogens with zero attached hydrogens (tertiary/aromatic N) is 4. The normalized spacial score (nSPS) is 9.61. The van der Waals surface area contributed by atoms with Crippen molar-refractivity contribution in [3.63, 3.8) is 0 Å². The molecule has 0 N–H and O–H groups in total. The van der Waals surface area contributed by atoms with Crippen LogP contribution in [0.2, 0.25) is 0 Å². The zero-order valence-corrected chi connectivity index (χ0v) is 11.7. The Balaban J connectivity index is 0.000000180. The Morgan fingerprint density at radius 3 is 1.89 bits per heavy atom. The minimum Gasteiger partial charge on any atom is -0.258 e. The summed E-state index contributed by atoms with van der Waals surface area (Å²) in [4.78, 5) is 16.5. The average Bonchev–Trinajstić information content (AvgIpc) is 2.36. The highest BCUT2D eigenvalue weighted by Crippen LogP contribution is 1.98. The molecule has 0 aliphatic rings. The number of rotatable bonds is 1. The summed E-state index contributed by atoms with van der Waals surface area (Å²) >= 11 is 0. The van der Waals surface area contributed by atoms with E-state index in [0.717, 1.165) is 34.9 Å². The summed E-state index contributed by atoms with van der Waals surface area (Å²) in [5.74, 6) is 0. The van der Waals surface area contributed by atoms with Crippen molar-refractivity contribution in [1.82, 2.24) is 19.9 Å². The SMILES string of the molecule is CCc1cnc(C)cn1.Cc1cnc(C)c(C)n1. The van der Waals surface area contributed by atoms with Gasteiger partial charge in [-0.05, 0) is 34.1 Å². The second kappa shape index (κ2) is 6.79. The molecule has 2 aromatic rings. The highest BCUT2D eigenvalue weighted by atomic mass is 14.8. The lowest BCUT2D eigenvalue weighted by Crippen LogP contribution is -1.92. The molecule has 0 bridgehead atoms. The van der Waals surface area contributed by atoms with Gasteiger partial charge in [0.15, 0.2) is 0 Å². The lowest BCUT2D eigenvalue weighted by Gasteiger charge is -1.96. The van der Waals surface area contributed by atoms with Crippen LogP contribution in [0.5, 0.6) is 0 Å². The fourth-order valence-electron chi connectivity index (χ4n) is 1.26. The Morgan fingerprint density at radius 1 is 0.778 bits per heavy atom. The van der Waals surface area contributed by atoms with E-state index >= 15 is 0 Å². The van der Waals surface area contributed by atoms with Gasteiger partial charge in [0.1, 0.15) is 0 Å². The molecule has 0 saturated carbocycles. The van der Waals surface area contributed by atoms with Gasteiger partial charge in [-0.2, -0.15) is 0 Å². The molecular formula is C14H20N4. The minimum absolute atomic E-state index is 0.966. The lowest BCUT2D eigenvalue weighted by atomic mass is 10.3. The van der Waals surface area contributed by atoms with Gasteiger partial charge in [-0.3, -0.25) is 19.9 Å². The van der Waals surface area contributed by atoms with E-state index in [2.05, 4.69) is 26.9 Å². The summed E-state index contributed by atoms with van der Waals surface area (Å²) in [5.41, 5.74) is 5.06. The summed E-state index contributed by atoms with van der Waals surface area (Å²) in [6.07, 6.45) is 6.35. The molecule has 4 heteroatoms. The van der Waals surface area contributed by atoms with Crippen LogP contribution >= 0.6 is 0 Å². The molecule has 2 heterocycles. The van der Waals surface area contributed by atoms with Crippen molar-refractivity contribution >= 4 is 0 Å². The molecule has 0 spiro atoms. The van der Waals surface area contributed by atoms with Crippen LogP contribution in [-0.4, -0.2) is 19.9 Å². The molecular weight excluding hydrogens is 224 g/mol. The quantitative estimate of drug-likeness (QED) is 0.774. The van der Waals surface area contributed by atoms with Gasteiger partial charge in [-0.15, -0.1) is 0 Å². The van der Waals surface area contributed by atoms with Gasteiger partial charge in [-0.25, -0.2) is 0 Å². The fourth-order valence-corrected chi connectivity index (χ4v) is 1.26. The third kappa shape index (κ3) is 4.57. The largest absolute Gasteiger partial charge is 0.258 e. The van der Waals surface area contributed by atoms with E-state index in [1.807, 2.05) is 33.9 Å². The predicted octanol–water partition coefficient (Wildman–Crippen LogP) is 2.75. The lowest BCUT2D eigenvalue weighted by molar-refractivity contribution is 0.977. The van der Waals surface area contributed by atoms with E-state index < -0.39 is 0 Å². The van der Waals surface area contributed by atoms with Gasteiger partial charge >= 0.3 is 0 Å². The number of aromatic nitrogens is 4. The van der Waals surface area contributed by atoms with Crippen LogP contribution in [0.1, 0.15) is 35.4 Å². The molecule has 0 aliphatic heterocycles. The van der Waals surface area contributed by atoms with Crippen molar-refractivity contribution in [3.8, 4) is 0 Å². The molecule has 0 unspecified atom stereocenters. The molecule has 0 saturated heterocycles. The van der Waals surface area contributed by atoms with Crippen molar-refractivity contribution in [2.45, 2.75) is 41.0 Å². The maximum atomic E-state index is 4.21. The molecule has 0 aliphatic carbocycles. The molecule has 2 aromatic heterocycles. The summed E-state index contributed by atoms with van der Waals surface area (Å²) in [7, 11) is 0. The average molecular weight is 244 g/mol. The monoisotopic (exact) mass is 244 g/mol. The molecule has 0 fully saturated rings. The summed E-state index contributed by atoms with van der Waals surface area (Å²) in [5, 5.41) is 0. The number of hydrogen-bond donors (Lipinski definition) is 0. The molecule has 18 heavy (non-hydrogen) atoms. The van der Waals surface area contributed by atoms with Crippen LogP contribution < -0.4 is 0 Å². The van der Waals surface area contributed by atoms with Gasteiger partial charge < -0.3 is 0 Å². The van der Waals surface area contributed by atoms with E-state index in [9.17, 15) is 0 Å². The molecule has 2 rings (SSSR count). The van der Waals surface area contributed by atoms with Gasteiger partial charge in [0.2, 0.25) is 0 Å². The Kier molecular flexibility index (Phi) is 5.36. The molecule has 0 radical (unpaired) electrons. The molecule has 0 atom stereocenters. The maximum Gasteiger partial charge on any atom is 0.0588 e. The Hall–Kier alpha value is -1.84. The summed E-state index contributed by atoms with van der Waals surface area (Å²) < 4.78 is 0. The van der Waals surface area contributed by atoms with Gasteiger partial charge in [-0.1, -0.05) is 6.92 Å². The van der Waals surface area contributed by atoms with Gasteiger partial charge in [0, 0.05) is 18.6 Å². The second-order valence-electron chi connectivity index (χ2n) is 4.18. The first-order valence-electron chi connectivity index (χ1n) is 6.07. The predicted molar refractivity (Wildman–Crippen MR) is 72.4 cm³/mol. The second-order valence-corrected chi connectivity index (χ2v) is 4.18. The third-order valence-corrected chi connectivity index (χ3v) is 2.51. The number of aryl methyl sites for hydroxylation is 5. The minimum atomic E-state index is 0.966. The summed E-state index contributed by atoms with van der Waals surface area (Å²) in [6.45, 7) is 9.88. The molecule has 0 aromatic carbocycles. The molecule has 4 nitrogen and oxygen atoms in total. The highest BCUT2D eigenvalue weighted by molar-refractivity contribution is 5.09. The Morgan fingerprint density at radius 2 is 1.44 bits per heavy atom. The van der Waals surface area contributed by atoms with Crippen molar-refractivity contribution in [2.24, 2.45) is 0 Å². The van der Waals surface area contributed by atoms with Crippen LogP contribution in [0.25, 0.3) is 0 Å². The zero-order chi connectivity index (χ0) is 13.5. The van der Waals surface area contributed by atoms with Gasteiger partial charge in [0.25, 0.3) is 0 Å². The highest BCUT2D eigenvalue weighted by Gasteiger charge is 1.92. The smallest absolute Gasteiger partial charge is 0.0588 e. The van der Waals surface area contributed by atoms with Crippen LogP contribution in [0.4, 0.5) is 0 Å². The van der Waals surface area contributed by atoms with Crippen molar-refractivity contribution in [1.29, 1.82) is 0 Å². The molecule has 96 valence electrons. The summed E-state index contributed by atoms with van der Waals surface area (Å²) in [6, 6.07) is 0. The molecule has 0 amide bonds. The van der Waals surface area contributed by atoms with E-state index in [1.165, 1.54) is 0 Å². The van der Waals surface area contributed by atoms with Crippen molar-refractivity contribution in [2.75, 3.05) is 0 Å². The van der Waals surface area contributed by atoms with E-state index in [-0.39, 0.29) is 0 Å². The zero-order valence-electron chi connectivity index (χ0n) is 11.7. The Labute approximate surface area is 109 Å². The van der Waals surface area contributed by atoms with E-state index in [4.69, 9.17) is 0 Å². The first-order valence-corrected chi connectivity index (χ1v) is 6.07. The van der Waals surface area contributed by atoms with Crippen LogP contribution in [0.3, 0.4) is 0 Å². The van der Waals surface area contributed by atoms with Crippen molar-refractivity contribution in [3.05, 3.63) is 47.1 Å². The van der Waals surface area contributed by atoms with Crippen LogP contribution in [-0.2, 0) is 6.42 Å². The fraction of sp³-hybridized carbons (Fsp3) is 0.429. The van der Waals surface area contributed by atoms with Crippen molar-refractivity contribution < 1.29 is 0 Å². The third-order valence-electron chi connectivity index (χ3n) is 2.51. The maximum absolute atomic E-state index is 4.21. The van der Waals surface area contributed by atoms with Crippen LogP contribution in [0.15, 0.2) is 18.6 Å². The van der Waals surface area contributed by atoms with E-state index in [0.29, 0.717) is 0 Å². The van der Waals surface area contributed by atoms with E-state index in [1.54, 1.807) is 12.4 Å². The first-order chi connectivity index (χ1) is 8.52. The first kappa shape index (κ1) is 14.2. The van der Waals surface area contributed by atoms with Gasteiger partial charge in [0.05, 0.1) is 28.5 Å². The topological polar surface area (TPSA) is 51.6 Å².